The van der Waals surface area contributed by atoms with Crippen molar-refractivity contribution < 1.29 is 4.79 Å². The molecule has 0 spiro atoms. The van der Waals surface area contributed by atoms with Gasteiger partial charge in [-0.15, -0.1) is 0 Å². The van der Waals surface area contributed by atoms with Gasteiger partial charge in [-0.3, -0.25) is 14.7 Å². The van der Waals surface area contributed by atoms with E-state index in [9.17, 15) is 9.59 Å². The summed E-state index contributed by atoms with van der Waals surface area (Å²) in [5, 5.41) is 6.89. The van der Waals surface area contributed by atoms with Gasteiger partial charge in [0.1, 0.15) is 0 Å². The predicted molar refractivity (Wildman–Crippen MR) is 92.6 cm³/mol. The summed E-state index contributed by atoms with van der Waals surface area (Å²) in [6, 6.07) is 18.0. The van der Waals surface area contributed by atoms with E-state index in [0.717, 1.165) is 5.69 Å². The fourth-order valence-electron chi connectivity index (χ4n) is 2.28. The molecule has 1 heterocycles. The Bertz CT molecular complexity index is 925. The summed E-state index contributed by atoms with van der Waals surface area (Å²) in [5.41, 5.74) is 4.49. The number of aromatic amines is 1. The van der Waals surface area contributed by atoms with Gasteiger partial charge in [0.2, 0.25) is 0 Å². The number of aromatic nitrogens is 2. The van der Waals surface area contributed by atoms with Crippen LogP contribution in [0.25, 0.3) is 5.69 Å². The standard InChI is InChI=1S/C18H16N4O2/c1-13-16(12-19-20-17(23)14-8-4-2-5-9-14)18(24)22(21-13)15-10-6-3-7-11-15/h2-12,21H,1H3,(H,20,23)/b19-12-. The predicted octanol–water partition coefficient (Wildman–Crippen LogP) is 2.24. The molecule has 0 aliphatic rings. The van der Waals surface area contributed by atoms with Crippen LogP contribution in [-0.2, 0) is 0 Å². The van der Waals surface area contributed by atoms with Crippen molar-refractivity contribution in [2.45, 2.75) is 6.92 Å². The van der Waals surface area contributed by atoms with Gasteiger partial charge in [0.25, 0.3) is 11.5 Å². The zero-order valence-electron chi connectivity index (χ0n) is 13.1. The molecule has 0 aliphatic carbocycles. The number of para-hydroxylation sites is 1. The number of aryl methyl sites for hydroxylation is 1. The smallest absolute Gasteiger partial charge is 0.280 e. The Hall–Kier alpha value is -3.41. The molecule has 120 valence electrons. The summed E-state index contributed by atoms with van der Waals surface area (Å²) in [6.07, 6.45) is 1.36. The molecule has 2 N–H and O–H groups in total. The molecule has 0 atom stereocenters. The summed E-state index contributed by atoms with van der Waals surface area (Å²) < 4.78 is 1.44. The molecule has 0 unspecified atom stereocenters. The third kappa shape index (κ3) is 3.17. The van der Waals surface area contributed by atoms with Gasteiger partial charge >= 0.3 is 0 Å². The summed E-state index contributed by atoms with van der Waals surface area (Å²) in [6.45, 7) is 1.78. The van der Waals surface area contributed by atoms with Crippen LogP contribution in [0.1, 0.15) is 21.6 Å². The molecule has 0 aliphatic heterocycles. The summed E-state index contributed by atoms with van der Waals surface area (Å²) in [5.74, 6) is -0.330. The van der Waals surface area contributed by atoms with E-state index in [1.807, 2.05) is 36.4 Å². The number of hydrogen-bond acceptors (Lipinski definition) is 3. The van der Waals surface area contributed by atoms with E-state index in [1.165, 1.54) is 10.9 Å². The molecule has 6 heteroatoms. The highest BCUT2D eigenvalue weighted by atomic mass is 16.2. The van der Waals surface area contributed by atoms with Gasteiger partial charge in [-0.25, -0.2) is 10.1 Å². The van der Waals surface area contributed by atoms with E-state index in [0.29, 0.717) is 16.8 Å². The first-order valence-corrected chi connectivity index (χ1v) is 7.42. The van der Waals surface area contributed by atoms with Gasteiger partial charge in [-0.1, -0.05) is 36.4 Å². The average Bonchev–Trinajstić information content (AvgIpc) is 2.91. The maximum Gasteiger partial charge on any atom is 0.280 e. The Morgan fingerprint density at radius 1 is 1.08 bits per heavy atom. The second-order valence-corrected chi connectivity index (χ2v) is 5.19. The van der Waals surface area contributed by atoms with Crippen LogP contribution >= 0.6 is 0 Å². The topological polar surface area (TPSA) is 79.2 Å². The van der Waals surface area contributed by atoms with Crippen LogP contribution in [-0.4, -0.2) is 21.9 Å². The van der Waals surface area contributed by atoms with Crippen molar-refractivity contribution in [1.82, 2.24) is 15.2 Å². The van der Waals surface area contributed by atoms with Gasteiger partial charge in [-0.2, -0.15) is 5.10 Å². The largest absolute Gasteiger partial charge is 0.295 e. The van der Waals surface area contributed by atoms with Crippen LogP contribution in [0.4, 0.5) is 0 Å². The van der Waals surface area contributed by atoms with Crippen molar-refractivity contribution in [3.63, 3.8) is 0 Å². The number of rotatable bonds is 4. The molecule has 0 fully saturated rings. The molecule has 3 rings (SSSR count). The first-order chi connectivity index (χ1) is 11.7. The summed E-state index contributed by atoms with van der Waals surface area (Å²) in [7, 11) is 0. The quantitative estimate of drug-likeness (QED) is 0.571. The zero-order chi connectivity index (χ0) is 16.9. The molecule has 1 amide bonds. The lowest BCUT2D eigenvalue weighted by atomic mass is 10.2. The number of amides is 1. The fraction of sp³-hybridized carbons (Fsp3) is 0.0556. The molecule has 1 aromatic heterocycles. The minimum atomic E-state index is -0.330. The molecule has 3 aromatic rings. The lowest BCUT2D eigenvalue weighted by molar-refractivity contribution is 0.0955. The van der Waals surface area contributed by atoms with Crippen molar-refractivity contribution >= 4 is 12.1 Å². The number of benzene rings is 2. The molecule has 6 nitrogen and oxygen atoms in total. The first kappa shape index (κ1) is 15.5. The van der Waals surface area contributed by atoms with E-state index in [2.05, 4.69) is 15.6 Å². The molecule has 0 saturated carbocycles. The highest BCUT2D eigenvalue weighted by molar-refractivity contribution is 5.94. The number of nitrogens with zero attached hydrogens (tertiary/aromatic N) is 2. The van der Waals surface area contributed by atoms with Crippen LogP contribution in [0.2, 0.25) is 0 Å². The minimum absolute atomic E-state index is 0.226. The normalized spacial score (nSPS) is 10.9. The molecule has 0 bridgehead atoms. The fourth-order valence-corrected chi connectivity index (χ4v) is 2.28. The zero-order valence-corrected chi connectivity index (χ0v) is 13.1. The van der Waals surface area contributed by atoms with E-state index in [-0.39, 0.29) is 11.5 Å². The third-order valence-corrected chi connectivity index (χ3v) is 3.53. The van der Waals surface area contributed by atoms with Gasteiger partial charge in [0.05, 0.1) is 17.5 Å². The van der Waals surface area contributed by atoms with Crippen molar-refractivity contribution in [2.24, 2.45) is 5.10 Å². The molecule has 0 radical (unpaired) electrons. The molecule has 0 saturated heterocycles. The lowest BCUT2D eigenvalue weighted by Gasteiger charge is -1.99. The Balaban J connectivity index is 1.80. The number of carbonyl (C=O) groups excluding carboxylic acids is 1. The van der Waals surface area contributed by atoms with E-state index >= 15 is 0 Å². The van der Waals surface area contributed by atoms with Gasteiger partial charge < -0.3 is 0 Å². The van der Waals surface area contributed by atoms with Gasteiger partial charge in [0, 0.05) is 11.3 Å². The Kier molecular flexibility index (Phi) is 4.38. The second-order valence-electron chi connectivity index (χ2n) is 5.19. The minimum Gasteiger partial charge on any atom is -0.295 e. The maximum absolute atomic E-state index is 12.5. The number of hydrazone groups is 1. The highest BCUT2D eigenvalue weighted by Gasteiger charge is 2.10. The van der Waals surface area contributed by atoms with Crippen molar-refractivity contribution in [1.29, 1.82) is 0 Å². The lowest BCUT2D eigenvalue weighted by Crippen LogP contribution is -2.20. The van der Waals surface area contributed by atoms with Crippen LogP contribution in [0.15, 0.2) is 70.6 Å². The van der Waals surface area contributed by atoms with Crippen LogP contribution in [0.5, 0.6) is 0 Å². The van der Waals surface area contributed by atoms with E-state index in [1.54, 1.807) is 31.2 Å². The van der Waals surface area contributed by atoms with Gasteiger partial charge in [0.15, 0.2) is 0 Å². The number of nitrogens with one attached hydrogen (secondary N) is 2. The van der Waals surface area contributed by atoms with Crippen LogP contribution in [0, 0.1) is 6.92 Å². The first-order valence-electron chi connectivity index (χ1n) is 7.42. The van der Waals surface area contributed by atoms with Crippen LogP contribution in [0.3, 0.4) is 0 Å². The molecule has 2 aromatic carbocycles. The number of carbonyl (C=O) groups is 1. The summed E-state index contributed by atoms with van der Waals surface area (Å²) >= 11 is 0. The van der Waals surface area contributed by atoms with Crippen molar-refractivity contribution in [3.05, 3.63) is 87.8 Å². The SMILES string of the molecule is Cc1[nH]n(-c2ccccc2)c(=O)c1/C=N\NC(=O)c1ccccc1. The van der Waals surface area contributed by atoms with Gasteiger partial charge in [-0.05, 0) is 31.2 Å². The second kappa shape index (κ2) is 6.78. The molecular weight excluding hydrogens is 304 g/mol. The van der Waals surface area contributed by atoms with Crippen molar-refractivity contribution in [3.8, 4) is 5.69 Å². The Morgan fingerprint density at radius 3 is 2.38 bits per heavy atom. The summed E-state index contributed by atoms with van der Waals surface area (Å²) in [4.78, 5) is 24.4. The molecular formula is C18H16N4O2. The number of H-pyrrole nitrogens is 1. The molecule has 24 heavy (non-hydrogen) atoms. The van der Waals surface area contributed by atoms with Crippen LogP contribution < -0.4 is 11.0 Å². The Labute approximate surface area is 138 Å². The van der Waals surface area contributed by atoms with Crippen molar-refractivity contribution in [2.75, 3.05) is 0 Å². The number of hydrogen-bond donors (Lipinski definition) is 2. The van der Waals surface area contributed by atoms with E-state index < -0.39 is 0 Å². The monoisotopic (exact) mass is 320 g/mol. The highest BCUT2D eigenvalue weighted by Crippen LogP contribution is 2.05. The average molecular weight is 320 g/mol. The third-order valence-electron chi connectivity index (χ3n) is 3.53. The van der Waals surface area contributed by atoms with E-state index in [4.69, 9.17) is 0 Å². The maximum atomic E-state index is 12.5. The Morgan fingerprint density at radius 2 is 1.71 bits per heavy atom.